The number of rotatable bonds is 7. The Bertz CT molecular complexity index is 1620. The summed E-state index contributed by atoms with van der Waals surface area (Å²) in [5.74, 6) is -2.30. The molecular formula is C32H42N6O6S. The number of fused-ring (bicyclic) bond motifs is 3. The van der Waals surface area contributed by atoms with Crippen molar-refractivity contribution in [2.24, 2.45) is 17.8 Å². The van der Waals surface area contributed by atoms with E-state index in [1.54, 1.807) is 11.9 Å². The molecule has 3 saturated carbocycles. The predicted molar refractivity (Wildman–Crippen MR) is 169 cm³/mol. The minimum absolute atomic E-state index is 0.0945. The van der Waals surface area contributed by atoms with E-state index in [1.165, 1.54) is 0 Å². The van der Waals surface area contributed by atoms with Crippen LogP contribution in [0.25, 0.3) is 10.9 Å². The zero-order valence-corrected chi connectivity index (χ0v) is 26.8. The summed E-state index contributed by atoms with van der Waals surface area (Å²) in [5, 5.41) is 6.30. The molecule has 3 fully saturated rings. The van der Waals surface area contributed by atoms with E-state index in [9.17, 15) is 22.8 Å². The molecule has 2 heterocycles. The molecule has 2 aromatic rings. The third-order valence-electron chi connectivity index (χ3n) is 9.26. The molecule has 242 valence electrons. The van der Waals surface area contributed by atoms with Crippen molar-refractivity contribution in [2.75, 3.05) is 18.9 Å². The Morgan fingerprint density at radius 3 is 2.62 bits per heavy atom. The number of carbonyl (C=O) groups excluding carboxylic acids is 3. The topological polar surface area (TPSA) is 160 Å². The number of hydrogen-bond acceptors (Lipinski definition) is 9. The van der Waals surface area contributed by atoms with Crippen LogP contribution in [0, 0.1) is 17.8 Å². The zero-order valence-electron chi connectivity index (χ0n) is 26.0. The van der Waals surface area contributed by atoms with Gasteiger partial charge in [0, 0.05) is 25.6 Å². The summed E-state index contributed by atoms with van der Waals surface area (Å²) in [5.41, 5.74) is -0.670. The van der Waals surface area contributed by atoms with Crippen LogP contribution in [0.3, 0.4) is 0 Å². The molecule has 3 N–H and O–H groups in total. The second-order valence-corrected chi connectivity index (χ2v) is 15.2. The third-order valence-corrected chi connectivity index (χ3v) is 11.1. The minimum atomic E-state index is -3.80. The number of anilines is 1. The molecule has 6 rings (SSSR count). The maximum absolute atomic E-state index is 14.0. The number of ether oxygens (including phenoxy) is 1. The van der Waals surface area contributed by atoms with Gasteiger partial charge < -0.3 is 20.3 Å². The molecular weight excluding hydrogens is 596 g/mol. The number of aromatic nitrogens is 2. The number of benzene rings is 1. The van der Waals surface area contributed by atoms with Crippen molar-refractivity contribution in [3.63, 3.8) is 0 Å². The van der Waals surface area contributed by atoms with Crippen molar-refractivity contribution >= 4 is 44.6 Å². The number of carbonyl (C=O) groups is 3. The first-order chi connectivity index (χ1) is 21.5. The molecule has 4 aliphatic rings. The molecule has 3 amide bonds. The van der Waals surface area contributed by atoms with Gasteiger partial charge in [-0.05, 0) is 77.3 Å². The second kappa shape index (κ2) is 12.2. The Labute approximate surface area is 263 Å². The fourth-order valence-electron chi connectivity index (χ4n) is 6.51. The van der Waals surface area contributed by atoms with Crippen LogP contribution in [0.4, 0.5) is 5.95 Å². The van der Waals surface area contributed by atoms with Crippen LogP contribution in [0.15, 0.2) is 36.4 Å². The van der Waals surface area contributed by atoms with E-state index in [0.717, 1.165) is 24.6 Å². The molecule has 1 aromatic heterocycles. The average Bonchev–Trinajstić information content (AvgIpc) is 3.91. The first kappa shape index (κ1) is 31.3. The maximum Gasteiger partial charge on any atom is 0.259 e. The quantitative estimate of drug-likeness (QED) is 0.388. The number of allylic oxidation sites excluding steroid dienone is 1. The lowest BCUT2D eigenvalue weighted by molar-refractivity contribution is -0.140. The van der Waals surface area contributed by atoms with Crippen molar-refractivity contribution in [3.05, 3.63) is 36.4 Å². The largest absolute Gasteiger partial charge is 0.474 e. The van der Waals surface area contributed by atoms with Gasteiger partial charge in [-0.15, -0.1) is 0 Å². The van der Waals surface area contributed by atoms with E-state index < -0.39 is 50.6 Å². The lowest BCUT2D eigenvalue weighted by Crippen LogP contribution is -2.54. The maximum atomic E-state index is 14.0. The number of para-hydroxylation sites is 1. The highest BCUT2D eigenvalue weighted by atomic mass is 32.2. The van der Waals surface area contributed by atoms with E-state index in [4.69, 9.17) is 4.74 Å². The standard InChI is InChI=1S/C32H42N6O6S/c1-19(2)33-31-34-26-12-8-7-11-23(26)28(35-31)44-21-16-24-25(17-21)29(40)38(3)15-9-5-4-6-10-20-18-32(20,36-27(24)39)30(41)37-45(42,43)22-13-14-22/h6-8,10-12,19-22,24-25H,4-5,9,13-18H2,1-3H3,(H,36,39)(H,37,41)(H,33,34,35)/t20-,21-,24-,25-,32-/m1/s1. The Kier molecular flexibility index (Phi) is 8.49. The highest BCUT2D eigenvalue weighted by Gasteiger charge is 2.62. The lowest BCUT2D eigenvalue weighted by atomic mass is 9.93. The molecule has 12 nitrogen and oxygen atoms in total. The van der Waals surface area contributed by atoms with Gasteiger partial charge in [-0.2, -0.15) is 4.98 Å². The summed E-state index contributed by atoms with van der Waals surface area (Å²) in [4.78, 5) is 52.2. The Morgan fingerprint density at radius 1 is 1.11 bits per heavy atom. The lowest BCUT2D eigenvalue weighted by Gasteiger charge is -2.26. The van der Waals surface area contributed by atoms with Crippen LogP contribution in [-0.2, 0) is 24.4 Å². The predicted octanol–water partition coefficient (Wildman–Crippen LogP) is 2.91. The van der Waals surface area contributed by atoms with Crippen LogP contribution in [-0.4, -0.2) is 77.5 Å². The molecule has 0 saturated heterocycles. The van der Waals surface area contributed by atoms with Crippen molar-refractivity contribution in [2.45, 2.75) is 88.1 Å². The highest BCUT2D eigenvalue weighted by molar-refractivity contribution is 7.91. The monoisotopic (exact) mass is 638 g/mol. The molecule has 3 aliphatic carbocycles. The van der Waals surface area contributed by atoms with Crippen molar-refractivity contribution in [1.29, 1.82) is 0 Å². The number of hydrogen-bond donors (Lipinski definition) is 3. The smallest absolute Gasteiger partial charge is 0.259 e. The Hall–Kier alpha value is -3.74. The van der Waals surface area contributed by atoms with Gasteiger partial charge in [0.05, 0.1) is 28.0 Å². The zero-order chi connectivity index (χ0) is 31.9. The first-order valence-electron chi connectivity index (χ1n) is 16.0. The van der Waals surface area contributed by atoms with Gasteiger partial charge in [0.1, 0.15) is 11.6 Å². The third kappa shape index (κ3) is 6.63. The minimum Gasteiger partial charge on any atom is -0.474 e. The van der Waals surface area contributed by atoms with Gasteiger partial charge in [-0.3, -0.25) is 19.1 Å². The number of nitrogens with zero attached hydrogens (tertiary/aromatic N) is 3. The summed E-state index contributed by atoms with van der Waals surface area (Å²) in [6.45, 7) is 4.54. The van der Waals surface area contributed by atoms with Gasteiger partial charge in [0.15, 0.2) is 0 Å². The SMILES string of the molecule is CC(C)Nc1nc(O[C@@H]2C[C@H]3C(=O)N[C@]4(C(=O)NS(=O)(=O)C5CC5)C[C@H]4C=CCCCCN(C)C(=O)[C@@H]3C2)c2ccccc2n1. The molecule has 13 heteroatoms. The van der Waals surface area contributed by atoms with Gasteiger partial charge in [0.25, 0.3) is 5.91 Å². The summed E-state index contributed by atoms with van der Waals surface area (Å²) in [6, 6.07) is 7.61. The van der Waals surface area contributed by atoms with Crippen LogP contribution >= 0.6 is 0 Å². The van der Waals surface area contributed by atoms with E-state index in [-0.39, 0.29) is 24.3 Å². The fourth-order valence-corrected chi connectivity index (χ4v) is 7.87. The van der Waals surface area contributed by atoms with Crippen LogP contribution < -0.4 is 20.1 Å². The van der Waals surface area contributed by atoms with Gasteiger partial charge in [0.2, 0.25) is 33.7 Å². The van der Waals surface area contributed by atoms with Crippen LogP contribution in [0.5, 0.6) is 5.88 Å². The number of sulfonamides is 1. The van der Waals surface area contributed by atoms with Gasteiger partial charge in [-0.1, -0.05) is 24.3 Å². The van der Waals surface area contributed by atoms with Crippen molar-refractivity contribution < 1.29 is 27.5 Å². The molecule has 45 heavy (non-hydrogen) atoms. The van der Waals surface area contributed by atoms with Gasteiger partial charge in [-0.25, -0.2) is 13.4 Å². The summed E-state index contributed by atoms with van der Waals surface area (Å²) in [6.07, 6.45) is 7.66. The van der Waals surface area contributed by atoms with E-state index >= 15 is 0 Å². The van der Waals surface area contributed by atoms with Crippen LogP contribution in [0.1, 0.15) is 65.2 Å². The van der Waals surface area contributed by atoms with E-state index in [1.807, 2.05) is 50.3 Å². The number of amides is 3. The Balaban J connectivity index is 1.28. The first-order valence-corrected chi connectivity index (χ1v) is 17.5. The molecule has 5 atom stereocenters. The molecule has 0 spiro atoms. The average molecular weight is 639 g/mol. The van der Waals surface area contributed by atoms with E-state index in [0.29, 0.717) is 49.6 Å². The number of nitrogens with one attached hydrogen (secondary N) is 3. The summed E-state index contributed by atoms with van der Waals surface area (Å²) in [7, 11) is -2.05. The van der Waals surface area contributed by atoms with Gasteiger partial charge >= 0.3 is 0 Å². The molecule has 0 bridgehead atoms. The molecule has 0 unspecified atom stereocenters. The van der Waals surface area contributed by atoms with Crippen LogP contribution in [0.2, 0.25) is 0 Å². The normalized spacial score (nSPS) is 29.0. The summed E-state index contributed by atoms with van der Waals surface area (Å²) >= 11 is 0. The fraction of sp³-hybridized carbons (Fsp3) is 0.594. The van der Waals surface area contributed by atoms with Crippen molar-refractivity contribution in [1.82, 2.24) is 24.9 Å². The molecule has 0 radical (unpaired) electrons. The van der Waals surface area contributed by atoms with E-state index in [2.05, 4.69) is 25.3 Å². The summed E-state index contributed by atoms with van der Waals surface area (Å²) < 4.78 is 34.0. The molecule has 1 aromatic carbocycles. The highest BCUT2D eigenvalue weighted by Crippen LogP contribution is 2.47. The van der Waals surface area contributed by atoms with Crippen molar-refractivity contribution in [3.8, 4) is 5.88 Å². The Morgan fingerprint density at radius 2 is 1.87 bits per heavy atom. The molecule has 1 aliphatic heterocycles. The second-order valence-electron chi connectivity index (χ2n) is 13.2.